The Bertz CT molecular complexity index is 123. The molecule has 0 aromatic rings. The minimum absolute atomic E-state index is 0.470. The maximum absolute atomic E-state index is 10.4. The third-order valence-electron chi connectivity index (χ3n) is 1.35. The standard InChI is InChI=1S/C8H15NO2/c1-3-4-5-6-7-11-8(10)9-2/h2-7H2,1H3. The van der Waals surface area contributed by atoms with Crippen molar-refractivity contribution in [2.75, 3.05) is 6.61 Å². The van der Waals surface area contributed by atoms with E-state index in [0.29, 0.717) is 6.61 Å². The molecular weight excluding hydrogens is 142 g/mol. The third-order valence-corrected chi connectivity index (χ3v) is 1.35. The second-order valence-corrected chi connectivity index (χ2v) is 2.33. The van der Waals surface area contributed by atoms with Gasteiger partial charge in [-0.25, -0.2) is 4.79 Å². The van der Waals surface area contributed by atoms with E-state index in [1.807, 2.05) is 0 Å². The molecule has 0 radical (unpaired) electrons. The SMILES string of the molecule is C=NC(=O)OCCCCCC. The molecule has 0 aliphatic rings. The first-order chi connectivity index (χ1) is 5.31. The topological polar surface area (TPSA) is 38.7 Å². The van der Waals surface area contributed by atoms with Crippen LogP contribution in [0.15, 0.2) is 4.99 Å². The zero-order valence-electron chi connectivity index (χ0n) is 7.01. The summed E-state index contributed by atoms with van der Waals surface area (Å²) in [7, 11) is 0. The quantitative estimate of drug-likeness (QED) is 0.454. The summed E-state index contributed by atoms with van der Waals surface area (Å²) in [6, 6.07) is 0. The molecule has 11 heavy (non-hydrogen) atoms. The normalized spacial score (nSPS) is 9.18. The first kappa shape index (κ1) is 10.1. The molecule has 0 fully saturated rings. The van der Waals surface area contributed by atoms with E-state index >= 15 is 0 Å². The van der Waals surface area contributed by atoms with Gasteiger partial charge in [-0.3, -0.25) is 0 Å². The Labute approximate surface area is 67.5 Å². The molecule has 0 N–H and O–H groups in total. The highest BCUT2D eigenvalue weighted by Crippen LogP contribution is 1.99. The summed E-state index contributed by atoms with van der Waals surface area (Å²) in [5.74, 6) is 0. The molecule has 0 rings (SSSR count). The van der Waals surface area contributed by atoms with Gasteiger partial charge in [0.2, 0.25) is 0 Å². The Kier molecular flexibility index (Phi) is 6.68. The van der Waals surface area contributed by atoms with E-state index in [1.165, 1.54) is 12.8 Å². The van der Waals surface area contributed by atoms with E-state index in [0.717, 1.165) is 12.8 Å². The number of hydrogen-bond donors (Lipinski definition) is 0. The first-order valence-electron chi connectivity index (χ1n) is 3.94. The lowest BCUT2D eigenvalue weighted by atomic mass is 10.2. The Hall–Kier alpha value is -0.860. The van der Waals surface area contributed by atoms with E-state index in [-0.39, 0.29) is 0 Å². The van der Waals surface area contributed by atoms with Gasteiger partial charge in [-0.2, -0.15) is 4.99 Å². The molecule has 64 valence electrons. The number of unbranched alkanes of at least 4 members (excludes halogenated alkanes) is 3. The van der Waals surface area contributed by atoms with Crippen LogP contribution in [0.3, 0.4) is 0 Å². The van der Waals surface area contributed by atoms with Gasteiger partial charge in [-0.1, -0.05) is 26.2 Å². The zero-order chi connectivity index (χ0) is 8.53. The molecule has 0 atom stereocenters. The van der Waals surface area contributed by atoms with Gasteiger partial charge in [0.1, 0.15) is 0 Å². The minimum Gasteiger partial charge on any atom is -0.448 e. The molecule has 0 saturated carbocycles. The lowest BCUT2D eigenvalue weighted by Gasteiger charge is -1.99. The van der Waals surface area contributed by atoms with Crippen molar-refractivity contribution < 1.29 is 9.53 Å². The van der Waals surface area contributed by atoms with Crippen LogP contribution < -0.4 is 0 Å². The fourth-order valence-corrected chi connectivity index (χ4v) is 0.734. The lowest BCUT2D eigenvalue weighted by molar-refractivity contribution is 0.155. The highest BCUT2D eigenvalue weighted by molar-refractivity contribution is 5.72. The first-order valence-corrected chi connectivity index (χ1v) is 3.94. The molecule has 3 heteroatoms. The number of rotatable bonds is 5. The summed E-state index contributed by atoms with van der Waals surface area (Å²) >= 11 is 0. The number of amides is 1. The number of aliphatic imine (C=N–C) groups is 1. The van der Waals surface area contributed by atoms with Crippen molar-refractivity contribution >= 4 is 12.8 Å². The maximum atomic E-state index is 10.4. The van der Waals surface area contributed by atoms with Crippen molar-refractivity contribution in [3.8, 4) is 0 Å². The third kappa shape index (κ3) is 7.03. The summed E-state index contributed by atoms with van der Waals surface area (Å²) in [4.78, 5) is 13.5. The number of carbonyl (C=O) groups excluding carboxylic acids is 1. The molecule has 0 spiro atoms. The predicted molar refractivity (Wildman–Crippen MR) is 45.0 cm³/mol. The minimum atomic E-state index is -0.568. The van der Waals surface area contributed by atoms with Crippen molar-refractivity contribution in [1.82, 2.24) is 0 Å². The fraction of sp³-hybridized carbons (Fsp3) is 0.750. The smallest absolute Gasteiger partial charge is 0.432 e. The Balaban J connectivity index is 3.01. The fourth-order valence-electron chi connectivity index (χ4n) is 0.734. The Morgan fingerprint density at radius 3 is 2.73 bits per heavy atom. The van der Waals surface area contributed by atoms with Gasteiger partial charge >= 0.3 is 6.09 Å². The highest BCUT2D eigenvalue weighted by atomic mass is 16.5. The summed E-state index contributed by atoms with van der Waals surface area (Å²) < 4.78 is 4.67. The van der Waals surface area contributed by atoms with Gasteiger partial charge in [0.25, 0.3) is 0 Å². The van der Waals surface area contributed by atoms with Crippen LogP contribution in [0.2, 0.25) is 0 Å². The largest absolute Gasteiger partial charge is 0.448 e. The molecule has 0 aliphatic heterocycles. The van der Waals surface area contributed by atoms with E-state index < -0.39 is 6.09 Å². The van der Waals surface area contributed by atoms with Crippen LogP contribution in [0.25, 0.3) is 0 Å². The number of carbonyl (C=O) groups is 1. The van der Waals surface area contributed by atoms with Gasteiger partial charge < -0.3 is 4.74 Å². The molecular formula is C8H15NO2. The van der Waals surface area contributed by atoms with Crippen molar-refractivity contribution in [2.45, 2.75) is 32.6 Å². The van der Waals surface area contributed by atoms with Crippen LogP contribution in [0, 0.1) is 0 Å². The van der Waals surface area contributed by atoms with Crippen molar-refractivity contribution in [3.05, 3.63) is 0 Å². The van der Waals surface area contributed by atoms with Crippen LogP contribution in [0.4, 0.5) is 4.79 Å². The van der Waals surface area contributed by atoms with Crippen LogP contribution in [0.1, 0.15) is 32.6 Å². The van der Waals surface area contributed by atoms with Gasteiger partial charge in [-0.15, -0.1) is 0 Å². The summed E-state index contributed by atoms with van der Waals surface area (Å²) in [5, 5.41) is 0. The van der Waals surface area contributed by atoms with Crippen molar-refractivity contribution in [3.63, 3.8) is 0 Å². The van der Waals surface area contributed by atoms with E-state index in [2.05, 4.69) is 23.4 Å². The zero-order valence-corrected chi connectivity index (χ0v) is 7.01. The number of ether oxygens (including phenoxy) is 1. The summed E-state index contributed by atoms with van der Waals surface area (Å²) in [6.07, 6.45) is 3.85. The molecule has 0 unspecified atom stereocenters. The maximum Gasteiger partial charge on any atom is 0.432 e. The van der Waals surface area contributed by atoms with E-state index in [4.69, 9.17) is 0 Å². The molecule has 0 saturated heterocycles. The molecule has 0 bridgehead atoms. The van der Waals surface area contributed by atoms with Gasteiger partial charge in [0.15, 0.2) is 0 Å². The van der Waals surface area contributed by atoms with Gasteiger partial charge in [-0.05, 0) is 13.1 Å². The second-order valence-electron chi connectivity index (χ2n) is 2.33. The summed E-state index contributed by atoms with van der Waals surface area (Å²) in [5.41, 5.74) is 0. The van der Waals surface area contributed by atoms with Gasteiger partial charge in [0, 0.05) is 0 Å². The Morgan fingerprint density at radius 2 is 2.18 bits per heavy atom. The molecule has 3 nitrogen and oxygen atoms in total. The number of hydrogen-bond acceptors (Lipinski definition) is 2. The van der Waals surface area contributed by atoms with Crippen molar-refractivity contribution in [2.24, 2.45) is 4.99 Å². The van der Waals surface area contributed by atoms with E-state index in [9.17, 15) is 4.79 Å². The predicted octanol–water partition coefficient (Wildman–Crippen LogP) is 2.40. The molecule has 0 aromatic heterocycles. The van der Waals surface area contributed by atoms with Gasteiger partial charge in [0.05, 0.1) is 6.61 Å². The molecule has 0 heterocycles. The molecule has 1 amide bonds. The van der Waals surface area contributed by atoms with Crippen LogP contribution in [-0.2, 0) is 4.74 Å². The lowest BCUT2D eigenvalue weighted by Crippen LogP contribution is -1.99. The van der Waals surface area contributed by atoms with E-state index in [1.54, 1.807) is 0 Å². The monoisotopic (exact) mass is 157 g/mol. The van der Waals surface area contributed by atoms with Crippen molar-refractivity contribution in [1.29, 1.82) is 0 Å². The molecule has 0 aliphatic carbocycles. The van der Waals surface area contributed by atoms with Crippen LogP contribution >= 0.6 is 0 Å². The molecule has 0 aromatic carbocycles. The average molecular weight is 157 g/mol. The highest BCUT2D eigenvalue weighted by Gasteiger charge is 1.94. The Morgan fingerprint density at radius 1 is 1.45 bits per heavy atom. The number of nitrogens with zero attached hydrogens (tertiary/aromatic N) is 1. The summed E-state index contributed by atoms with van der Waals surface area (Å²) in [6.45, 7) is 5.66. The van der Waals surface area contributed by atoms with Crippen LogP contribution in [0.5, 0.6) is 0 Å². The van der Waals surface area contributed by atoms with Crippen LogP contribution in [-0.4, -0.2) is 19.4 Å². The average Bonchev–Trinajstić information content (AvgIpc) is 2.04. The second kappa shape index (κ2) is 7.25.